The zero-order chi connectivity index (χ0) is 11.3. The Bertz CT molecular complexity index is 404. The number of aromatic nitrogens is 2. The number of nitrogens with one attached hydrogen (secondary N) is 1. The third kappa shape index (κ3) is 2.53. The van der Waals surface area contributed by atoms with E-state index in [1.807, 2.05) is 19.9 Å². The third-order valence-corrected chi connectivity index (χ3v) is 2.21. The second-order valence-corrected chi connectivity index (χ2v) is 3.25. The second-order valence-electron chi connectivity index (χ2n) is 3.25. The van der Waals surface area contributed by atoms with E-state index in [9.17, 15) is 0 Å². The van der Waals surface area contributed by atoms with E-state index in [2.05, 4.69) is 28.2 Å². The average Bonchev–Trinajstić information content (AvgIpc) is 2.24. The van der Waals surface area contributed by atoms with Gasteiger partial charge in [0.2, 0.25) is 0 Å². The zero-order valence-electron chi connectivity index (χ0n) is 9.04. The zero-order valence-corrected chi connectivity index (χ0v) is 9.04. The van der Waals surface area contributed by atoms with Crippen molar-refractivity contribution in [1.29, 1.82) is 5.26 Å². The number of hydrogen-bond acceptors (Lipinski definition) is 4. The van der Waals surface area contributed by atoms with E-state index < -0.39 is 0 Å². The molecule has 1 N–H and O–H groups in total. The number of hydrogen-bond donors (Lipinski definition) is 1. The molecule has 4 nitrogen and oxygen atoms in total. The molecule has 4 heteroatoms. The standard InChI is InChI=1S/C11H14N4/c1-4-5-6-13-11-10(7-12)8(2)9(3)14-15-11/h4H,1,5-6H2,2-3H3,(H,13,15). The summed E-state index contributed by atoms with van der Waals surface area (Å²) in [6.07, 6.45) is 2.65. The summed E-state index contributed by atoms with van der Waals surface area (Å²) >= 11 is 0. The number of aryl methyl sites for hydroxylation is 1. The van der Waals surface area contributed by atoms with Crippen LogP contribution in [0.5, 0.6) is 0 Å². The SMILES string of the molecule is C=CCCNc1nnc(C)c(C)c1C#N. The van der Waals surface area contributed by atoms with E-state index in [1.54, 1.807) is 0 Å². The molecule has 0 amide bonds. The van der Waals surface area contributed by atoms with Crippen molar-refractivity contribution in [3.05, 3.63) is 29.5 Å². The quantitative estimate of drug-likeness (QED) is 0.598. The fourth-order valence-corrected chi connectivity index (χ4v) is 1.16. The second kappa shape index (κ2) is 5.11. The van der Waals surface area contributed by atoms with Gasteiger partial charge in [-0.1, -0.05) is 6.08 Å². The first-order valence-corrected chi connectivity index (χ1v) is 4.79. The first-order chi connectivity index (χ1) is 7.20. The highest BCUT2D eigenvalue weighted by Gasteiger charge is 2.09. The van der Waals surface area contributed by atoms with E-state index in [-0.39, 0.29) is 0 Å². The van der Waals surface area contributed by atoms with Crippen molar-refractivity contribution in [2.45, 2.75) is 20.3 Å². The number of nitriles is 1. The highest BCUT2D eigenvalue weighted by atomic mass is 15.2. The molecule has 0 fully saturated rings. The lowest BCUT2D eigenvalue weighted by molar-refractivity contribution is 0.935. The predicted molar refractivity (Wildman–Crippen MR) is 59.5 cm³/mol. The lowest BCUT2D eigenvalue weighted by Crippen LogP contribution is -2.08. The summed E-state index contributed by atoms with van der Waals surface area (Å²) < 4.78 is 0. The van der Waals surface area contributed by atoms with Gasteiger partial charge in [-0.05, 0) is 25.8 Å². The molecule has 78 valence electrons. The molecule has 1 aromatic heterocycles. The van der Waals surface area contributed by atoms with Gasteiger partial charge in [-0.15, -0.1) is 11.7 Å². The average molecular weight is 202 g/mol. The predicted octanol–water partition coefficient (Wildman–Crippen LogP) is 1.95. The monoisotopic (exact) mass is 202 g/mol. The smallest absolute Gasteiger partial charge is 0.166 e. The molecule has 0 atom stereocenters. The molecule has 0 saturated heterocycles. The maximum absolute atomic E-state index is 9.00. The largest absolute Gasteiger partial charge is 0.367 e. The molecule has 0 radical (unpaired) electrons. The molecule has 0 unspecified atom stereocenters. The molecule has 1 heterocycles. The van der Waals surface area contributed by atoms with Gasteiger partial charge in [0.1, 0.15) is 11.6 Å². The summed E-state index contributed by atoms with van der Waals surface area (Å²) in [5.41, 5.74) is 2.25. The van der Waals surface area contributed by atoms with E-state index in [4.69, 9.17) is 5.26 Å². The topological polar surface area (TPSA) is 61.6 Å². The minimum absolute atomic E-state index is 0.558. The van der Waals surface area contributed by atoms with Crippen LogP contribution in [0.2, 0.25) is 0 Å². The van der Waals surface area contributed by atoms with Crippen molar-refractivity contribution in [3.8, 4) is 6.07 Å². The summed E-state index contributed by atoms with van der Waals surface area (Å²) in [5.74, 6) is 0.558. The first kappa shape index (κ1) is 11.2. The maximum atomic E-state index is 9.00. The van der Waals surface area contributed by atoms with Crippen molar-refractivity contribution < 1.29 is 0 Å². The molecule has 0 aliphatic rings. The Balaban J connectivity index is 2.93. The van der Waals surface area contributed by atoms with Crippen LogP contribution in [-0.4, -0.2) is 16.7 Å². The van der Waals surface area contributed by atoms with Crippen LogP contribution in [0.3, 0.4) is 0 Å². The van der Waals surface area contributed by atoms with Crippen LogP contribution >= 0.6 is 0 Å². The molecule has 0 bridgehead atoms. The van der Waals surface area contributed by atoms with Gasteiger partial charge in [0.15, 0.2) is 5.82 Å². The van der Waals surface area contributed by atoms with E-state index in [0.717, 1.165) is 24.2 Å². The van der Waals surface area contributed by atoms with Gasteiger partial charge in [0, 0.05) is 6.54 Å². The van der Waals surface area contributed by atoms with Crippen molar-refractivity contribution >= 4 is 5.82 Å². The Kier molecular flexibility index (Phi) is 3.81. The molecule has 0 aliphatic carbocycles. The molecular formula is C11H14N4. The minimum Gasteiger partial charge on any atom is -0.367 e. The summed E-state index contributed by atoms with van der Waals surface area (Å²) in [6.45, 7) is 8.06. The van der Waals surface area contributed by atoms with Gasteiger partial charge < -0.3 is 5.32 Å². The van der Waals surface area contributed by atoms with Gasteiger partial charge >= 0.3 is 0 Å². The Morgan fingerprint density at radius 1 is 1.47 bits per heavy atom. The summed E-state index contributed by atoms with van der Waals surface area (Å²) in [4.78, 5) is 0. The van der Waals surface area contributed by atoms with Crippen molar-refractivity contribution in [2.24, 2.45) is 0 Å². The van der Waals surface area contributed by atoms with Crippen LogP contribution in [0.15, 0.2) is 12.7 Å². The molecule has 0 saturated carbocycles. The van der Waals surface area contributed by atoms with Crippen molar-refractivity contribution in [2.75, 3.05) is 11.9 Å². The molecule has 1 aromatic rings. The molecule has 1 rings (SSSR count). The summed E-state index contributed by atoms with van der Waals surface area (Å²) in [6, 6.07) is 2.14. The summed E-state index contributed by atoms with van der Waals surface area (Å²) in [7, 11) is 0. The van der Waals surface area contributed by atoms with Gasteiger partial charge in [0.25, 0.3) is 0 Å². The Morgan fingerprint density at radius 2 is 2.20 bits per heavy atom. The third-order valence-electron chi connectivity index (χ3n) is 2.21. The van der Waals surface area contributed by atoms with E-state index >= 15 is 0 Å². The van der Waals surface area contributed by atoms with Gasteiger partial charge in [-0.2, -0.15) is 10.4 Å². The van der Waals surface area contributed by atoms with Crippen molar-refractivity contribution in [3.63, 3.8) is 0 Å². The fourth-order valence-electron chi connectivity index (χ4n) is 1.16. The van der Waals surface area contributed by atoms with Crippen LogP contribution in [0.1, 0.15) is 23.2 Å². The Morgan fingerprint density at radius 3 is 2.80 bits per heavy atom. The number of rotatable bonds is 4. The molecule has 0 aromatic carbocycles. The maximum Gasteiger partial charge on any atom is 0.166 e. The first-order valence-electron chi connectivity index (χ1n) is 4.79. The number of nitrogens with zero attached hydrogens (tertiary/aromatic N) is 3. The van der Waals surface area contributed by atoms with Crippen LogP contribution in [0, 0.1) is 25.2 Å². The lowest BCUT2D eigenvalue weighted by Gasteiger charge is -2.08. The normalized spacial score (nSPS) is 9.40. The summed E-state index contributed by atoms with van der Waals surface area (Å²) in [5, 5.41) is 20.0. The molecule has 0 spiro atoms. The molecule has 15 heavy (non-hydrogen) atoms. The van der Waals surface area contributed by atoms with Crippen LogP contribution < -0.4 is 5.32 Å². The van der Waals surface area contributed by atoms with Crippen LogP contribution in [0.25, 0.3) is 0 Å². The van der Waals surface area contributed by atoms with Gasteiger partial charge in [0.05, 0.1) is 5.69 Å². The van der Waals surface area contributed by atoms with E-state index in [0.29, 0.717) is 11.4 Å². The highest BCUT2D eigenvalue weighted by Crippen LogP contribution is 2.16. The van der Waals surface area contributed by atoms with Crippen LogP contribution in [0.4, 0.5) is 5.82 Å². The Labute approximate surface area is 89.6 Å². The molecular weight excluding hydrogens is 188 g/mol. The van der Waals surface area contributed by atoms with Gasteiger partial charge in [-0.25, -0.2) is 0 Å². The Hall–Kier alpha value is -1.89. The number of anilines is 1. The lowest BCUT2D eigenvalue weighted by atomic mass is 10.1. The van der Waals surface area contributed by atoms with Gasteiger partial charge in [-0.3, -0.25) is 0 Å². The van der Waals surface area contributed by atoms with Crippen molar-refractivity contribution in [1.82, 2.24) is 10.2 Å². The van der Waals surface area contributed by atoms with Crippen LogP contribution in [-0.2, 0) is 0 Å². The molecule has 0 aliphatic heterocycles. The minimum atomic E-state index is 0.558. The fraction of sp³-hybridized carbons (Fsp3) is 0.364. The highest BCUT2D eigenvalue weighted by molar-refractivity contribution is 5.55. The van der Waals surface area contributed by atoms with E-state index in [1.165, 1.54) is 0 Å².